The fraction of sp³-hybridized carbons (Fsp3) is 0.594. The molecule has 1 aromatic rings. The summed E-state index contributed by atoms with van der Waals surface area (Å²) in [6.07, 6.45) is 11.5. The molecule has 37 heavy (non-hydrogen) atoms. The molecule has 0 radical (unpaired) electrons. The Morgan fingerprint density at radius 3 is 2.27 bits per heavy atom. The molecule has 5 atom stereocenters. The molecule has 4 aliphatic carbocycles. The zero-order valence-corrected chi connectivity index (χ0v) is 23.1. The summed E-state index contributed by atoms with van der Waals surface area (Å²) >= 11 is 0. The van der Waals surface area contributed by atoms with E-state index in [9.17, 15) is 9.90 Å². The number of hydrogen-bond donors (Lipinski definition) is 1. The lowest BCUT2D eigenvalue weighted by molar-refractivity contribution is -0.114. The predicted octanol–water partition coefficient (Wildman–Crippen LogP) is 6.96. The highest BCUT2D eigenvalue weighted by atomic mass is 19.1. The number of carbonyl (C=O) groups excluding carboxylic acids is 1. The third kappa shape index (κ3) is 5.15. The number of nitrogens with zero attached hydrogens (tertiary/aromatic N) is 1. The van der Waals surface area contributed by atoms with E-state index in [1.807, 2.05) is 20.8 Å². The molecule has 0 aromatic heterocycles. The number of allylic oxidation sites excluding steroid dienone is 4. The van der Waals surface area contributed by atoms with Gasteiger partial charge in [-0.25, -0.2) is 8.78 Å². The number of anilines is 1. The molecule has 0 saturated heterocycles. The molecule has 0 aliphatic heterocycles. The predicted molar refractivity (Wildman–Crippen MR) is 145 cm³/mol. The first-order valence-corrected chi connectivity index (χ1v) is 13.6. The van der Waals surface area contributed by atoms with Crippen molar-refractivity contribution in [2.24, 2.45) is 22.7 Å². The number of carbonyl (C=O) groups is 1. The number of hydrogen-bond acceptors (Lipinski definition) is 3. The molecule has 0 amide bonds. The van der Waals surface area contributed by atoms with Gasteiger partial charge in [-0.05, 0) is 106 Å². The molecule has 5 rings (SSSR count). The van der Waals surface area contributed by atoms with Crippen LogP contribution in [0.1, 0.15) is 84.1 Å². The third-order valence-electron chi connectivity index (χ3n) is 9.04. The molecule has 4 aliphatic rings. The second-order valence-electron chi connectivity index (χ2n) is 12.8. The highest BCUT2D eigenvalue weighted by Crippen LogP contribution is 2.64. The van der Waals surface area contributed by atoms with Gasteiger partial charge in [-0.15, -0.1) is 12.3 Å². The second-order valence-corrected chi connectivity index (χ2v) is 12.8. The van der Waals surface area contributed by atoms with Crippen LogP contribution in [-0.4, -0.2) is 31.1 Å². The summed E-state index contributed by atoms with van der Waals surface area (Å²) in [5.74, 6) is 1.87. The molecule has 5 unspecified atom stereocenters. The molecule has 0 heterocycles. The lowest BCUT2D eigenvalue weighted by Crippen LogP contribution is -2.45. The summed E-state index contributed by atoms with van der Waals surface area (Å²) in [6.45, 7) is 8.14. The first-order chi connectivity index (χ1) is 17.3. The highest BCUT2D eigenvalue weighted by molar-refractivity contribution is 5.93. The normalized spacial score (nSPS) is 30.8. The molecule has 0 spiro atoms. The zero-order valence-electron chi connectivity index (χ0n) is 23.1. The van der Waals surface area contributed by atoms with Gasteiger partial charge in [0.2, 0.25) is 0 Å². The van der Waals surface area contributed by atoms with Crippen molar-refractivity contribution in [3.63, 3.8) is 0 Å². The van der Waals surface area contributed by atoms with Crippen molar-refractivity contribution in [2.45, 2.75) is 84.7 Å². The van der Waals surface area contributed by atoms with Crippen molar-refractivity contribution in [1.82, 2.24) is 0 Å². The maximum absolute atomic E-state index is 15.4. The van der Waals surface area contributed by atoms with Crippen LogP contribution in [0, 0.1) is 46.6 Å². The molecule has 200 valence electrons. The number of fused-ring (bicyclic) bond motifs is 4. The van der Waals surface area contributed by atoms with E-state index >= 15 is 8.78 Å². The Morgan fingerprint density at radius 2 is 1.70 bits per heavy atom. The summed E-state index contributed by atoms with van der Waals surface area (Å²) in [5, 5.41) is 10.9. The van der Waals surface area contributed by atoms with Gasteiger partial charge in [-0.1, -0.05) is 12.5 Å². The lowest BCUT2D eigenvalue weighted by Gasteiger charge is -2.52. The SMILES string of the molecule is C#CC(C)(C)C.CN(C)c1cc(F)c(C2CC3(C)C(O)CCC3C3CCC4=CC(=O)CCC4=C23)c(F)c1. The van der Waals surface area contributed by atoms with Crippen LogP contribution < -0.4 is 4.90 Å². The number of halogens is 2. The Kier molecular flexibility index (Phi) is 7.47. The van der Waals surface area contributed by atoms with E-state index in [1.165, 1.54) is 17.7 Å². The Morgan fingerprint density at radius 1 is 1.08 bits per heavy atom. The maximum Gasteiger partial charge on any atom is 0.156 e. The number of terminal acetylenes is 1. The van der Waals surface area contributed by atoms with Crippen molar-refractivity contribution in [3.8, 4) is 12.3 Å². The smallest absolute Gasteiger partial charge is 0.156 e. The molecular weight excluding hydrogens is 468 g/mol. The fourth-order valence-electron chi connectivity index (χ4n) is 7.05. The standard InChI is InChI=1S/C26H31F2NO2.C6H10/c1-26-13-19(25-21(27)11-15(29(2)3)12-22(25)28)24-17-7-5-16(30)10-14(17)4-6-18(24)20(26)8-9-23(26)31;1-5-6(2,3)4/h10-12,18-20,23,31H,4-9,13H2,1-3H3;1H,2-4H3. The number of aliphatic hydroxyl groups excluding tert-OH is 1. The van der Waals surface area contributed by atoms with Crippen molar-refractivity contribution in [2.75, 3.05) is 19.0 Å². The van der Waals surface area contributed by atoms with Crippen LogP contribution in [0.4, 0.5) is 14.5 Å². The van der Waals surface area contributed by atoms with Gasteiger partial charge < -0.3 is 10.0 Å². The summed E-state index contributed by atoms with van der Waals surface area (Å²) in [6, 6.07) is 2.84. The van der Waals surface area contributed by atoms with Crippen LogP contribution in [0.3, 0.4) is 0 Å². The number of aliphatic hydroxyl groups is 1. The minimum Gasteiger partial charge on any atom is -0.393 e. The highest BCUT2D eigenvalue weighted by Gasteiger charge is 2.57. The van der Waals surface area contributed by atoms with Gasteiger partial charge >= 0.3 is 0 Å². The molecular formula is C32H41F2NO2. The van der Waals surface area contributed by atoms with Crippen molar-refractivity contribution in [1.29, 1.82) is 0 Å². The zero-order chi connectivity index (χ0) is 27.3. The average Bonchev–Trinajstić information content (AvgIpc) is 3.12. The number of benzene rings is 1. The monoisotopic (exact) mass is 509 g/mol. The number of rotatable bonds is 2. The third-order valence-corrected chi connectivity index (χ3v) is 9.04. The lowest BCUT2D eigenvalue weighted by atomic mass is 9.53. The maximum atomic E-state index is 15.4. The van der Waals surface area contributed by atoms with Gasteiger partial charge in [0.25, 0.3) is 0 Å². The van der Waals surface area contributed by atoms with Crippen LogP contribution in [0.25, 0.3) is 0 Å². The van der Waals surface area contributed by atoms with Crippen molar-refractivity contribution < 1.29 is 18.7 Å². The molecule has 2 fully saturated rings. The largest absolute Gasteiger partial charge is 0.393 e. The van der Waals surface area contributed by atoms with E-state index in [4.69, 9.17) is 6.42 Å². The van der Waals surface area contributed by atoms with Gasteiger partial charge in [0.05, 0.1) is 6.10 Å². The summed E-state index contributed by atoms with van der Waals surface area (Å²) < 4.78 is 30.9. The minimum atomic E-state index is -0.516. The van der Waals surface area contributed by atoms with Crippen LogP contribution in [0.15, 0.2) is 34.9 Å². The number of ketones is 1. The first-order valence-electron chi connectivity index (χ1n) is 13.6. The van der Waals surface area contributed by atoms with Crippen molar-refractivity contribution >= 4 is 11.5 Å². The molecule has 2 saturated carbocycles. The summed E-state index contributed by atoms with van der Waals surface area (Å²) in [5.41, 5.74) is 3.75. The van der Waals surface area contributed by atoms with Gasteiger partial charge in [0.15, 0.2) is 5.78 Å². The first kappa shape index (κ1) is 27.6. The van der Waals surface area contributed by atoms with Gasteiger partial charge in [0.1, 0.15) is 11.6 Å². The Bertz CT molecular complexity index is 1160. The van der Waals surface area contributed by atoms with Crippen molar-refractivity contribution in [3.05, 3.63) is 52.1 Å². The van der Waals surface area contributed by atoms with Crippen LogP contribution in [0.5, 0.6) is 0 Å². The van der Waals surface area contributed by atoms with E-state index in [2.05, 4.69) is 12.8 Å². The molecule has 5 heteroatoms. The second kappa shape index (κ2) is 10.0. The minimum absolute atomic E-state index is 0.0694. The van der Waals surface area contributed by atoms with E-state index in [0.717, 1.165) is 36.8 Å². The van der Waals surface area contributed by atoms with E-state index in [-0.39, 0.29) is 28.1 Å². The summed E-state index contributed by atoms with van der Waals surface area (Å²) in [7, 11) is 3.54. The van der Waals surface area contributed by atoms with Crippen LogP contribution in [0.2, 0.25) is 0 Å². The van der Waals surface area contributed by atoms with Gasteiger partial charge in [-0.2, -0.15) is 0 Å². The summed E-state index contributed by atoms with van der Waals surface area (Å²) in [4.78, 5) is 13.8. The molecule has 1 N–H and O–H groups in total. The molecule has 1 aromatic carbocycles. The average molecular weight is 510 g/mol. The molecule has 0 bridgehead atoms. The van der Waals surface area contributed by atoms with Crippen LogP contribution >= 0.6 is 0 Å². The van der Waals surface area contributed by atoms with E-state index in [0.29, 0.717) is 30.9 Å². The molecule has 3 nitrogen and oxygen atoms in total. The Hall–Kier alpha value is -2.45. The Labute approximate surface area is 221 Å². The quantitative estimate of drug-likeness (QED) is 0.438. The van der Waals surface area contributed by atoms with E-state index in [1.54, 1.807) is 25.1 Å². The van der Waals surface area contributed by atoms with E-state index < -0.39 is 23.7 Å². The van der Waals surface area contributed by atoms with Gasteiger partial charge in [-0.3, -0.25) is 4.79 Å². The fourth-order valence-corrected chi connectivity index (χ4v) is 7.05. The van der Waals surface area contributed by atoms with Gasteiger partial charge in [0, 0.05) is 43.1 Å². The topological polar surface area (TPSA) is 40.5 Å². The van der Waals surface area contributed by atoms with Crippen LogP contribution in [-0.2, 0) is 4.79 Å². The Balaban J connectivity index is 0.000000480.